The summed E-state index contributed by atoms with van der Waals surface area (Å²) in [6, 6.07) is 0. The van der Waals surface area contributed by atoms with Crippen LogP contribution in [0.5, 0.6) is 0 Å². The molecule has 0 heterocycles. The summed E-state index contributed by atoms with van der Waals surface area (Å²) in [4.78, 5) is 0. The molecule has 0 fully saturated rings. The van der Waals surface area contributed by atoms with Crippen molar-refractivity contribution in [3.8, 4) is 0 Å². The van der Waals surface area contributed by atoms with E-state index in [0.717, 1.165) is 0 Å². The summed E-state index contributed by atoms with van der Waals surface area (Å²) in [6.45, 7) is 9.91. The van der Waals surface area contributed by atoms with Crippen LogP contribution in [0.4, 0.5) is 0 Å². The molecule has 0 radical (unpaired) electrons. The van der Waals surface area contributed by atoms with Crippen molar-refractivity contribution in [2.75, 3.05) is 6.66 Å². The smallest absolute Gasteiger partial charge is 0.115 e. The van der Waals surface area contributed by atoms with Crippen molar-refractivity contribution in [2.45, 2.75) is 39.9 Å². The fraction of sp³-hybridized carbons (Fsp3) is 0.875. The molecule has 0 unspecified atom stereocenters. The standard InChI is InChI=1S/C8H19O2P/c1-7(2)9-11(5,6)10-8(3)4/h7-8H,5H2,1-4,6H3. The Hall–Kier alpha value is 0.220. The van der Waals surface area contributed by atoms with Crippen molar-refractivity contribution in [1.82, 2.24) is 0 Å². The first-order valence-corrected chi connectivity index (χ1v) is 6.17. The molecule has 0 rings (SSSR count). The van der Waals surface area contributed by atoms with E-state index in [4.69, 9.17) is 9.05 Å². The zero-order chi connectivity index (χ0) is 9.07. The third-order valence-electron chi connectivity index (χ3n) is 0.868. The van der Waals surface area contributed by atoms with Gasteiger partial charge in [0.1, 0.15) is 7.34 Å². The molecule has 0 aliphatic heterocycles. The van der Waals surface area contributed by atoms with Crippen molar-refractivity contribution in [1.29, 1.82) is 0 Å². The topological polar surface area (TPSA) is 18.5 Å². The van der Waals surface area contributed by atoms with Gasteiger partial charge in [-0.3, -0.25) is 0 Å². The van der Waals surface area contributed by atoms with E-state index in [1.165, 1.54) is 0 Å². The molecule has 2 nitrogen and oxygen atoms in total. The minimum absolute atomic E-state index is 0.199. The maximum atomic E-state index is 5.53. The van der Waals surface area contributed by atoms with Gasteiger partial charge < -0.3 is 9.05 Å². The van der Waals surface area contributed by atoms with Crippen LogP contribution >= 0.6 is 7.34 Å². The fourth-order valence-corrected chi connectivity index (χ4v) is 2.75. The second-order valence-electron chi connectivity index (χ2n) is 3.32. The van der Waals surface area contributed by atoms with Crippen molar-refractivity contribution < 1.29 is 9.05 Å². The van der Waals surface area contributed by atoms with Crippen LogP contribution < -0.4 is 0 Å². The second kappa shape index (κ2) is 4.30. The summed E-state index contributed by atoms with van der Waals surface area (Å²) in [5.41, 5.74) is 0. The summed E-state index contributed by atoms with van der Waals surface area (Å²) in [6.07, 6.45) is 4.31. The van der Waals surface area contributed by atoms with Gasteiger partial charge in [0.05, 0.1) is 12.2 Å². The maximum absolute atomic E-state index is 5.53. The van der Waals surface area contributed by atoms with E-state index in [0.29, 0.717) is 0 Å². The summed E-state index contributed by atoms with van der Waals surface area (Å²) in [5, 5.41) is 0. The summed E-state index contributed by atoms with van der Waals surface area (Å²) < 4.78 is 11.1. The molecule has 0 bridgehead atoms. The molecule has 0 aromatic heterocycles. The van der Waals surface area contributed by atoms with E-state index in [9.17, 15) is 0 Å². The quantitative estimate of drug-likeness (QED) is 0.616. The van der Waals surface area contributed by atoms with Gasteiger partial charge in [-0.25, -0.2) is 0 Å². The van der Waals surface area contributed by atoms with Gasteiger partial charge in [-0.1, -0.05) is 6.30 Å². The third-order valence-corrected chi connectivity index (χ3v) is 2.60. The molecule has 0 aromatic rings. The summed E-state index contributed by atoms with van der Waals surface area (Å²) in [5.74, 6) is 0. The molecular weight excluding hydrogens is 159 g/mol. The lowest BCUT2D eigenvalue weighted by Gasteiger charge is -2.24. The average Bonchev–Trinajstić information content (AvgIpc) is 1.53. The maximum Gasteiger partial charge on any atom is 0.115 e. The van der Waals surface area contributed by atoms with Gasteiger partial charge in [0.2, 0.25) is 0 Å². The Kier molecular flexibility index (Phi) is 4.38. The van der Waals surface area contributed by atoms with Crippen molar-refractivity contribution >= 4 is 13.6 Å². The molecule has 0 atom stereocenters. The Balaban J connectivity index is 3.91. The molecule has 11 heavy (non-hydrogen) atoms. The normalized spacial score (nSPS) is 13.0. The Morgan fingerprint density at radius 1 is 1.00 bits per heavy atom. The van der Waals surface area contributed by atoms with E-state index in [1.807, 2.05) is 34.4 Å². The Bertz CT molecular complexity index is 138. The van der Waals surface area contributed by atoms with Crippen molar-refractivity contribution in [3.63, 3.8) is 0 Å². The van der Waals surface area contributed by atoms with Crippen LogP contribution in [-0.2, 0) is 9.05 Å². The first-order valence-electron chi connectivity index (χ1n) is 3.91. The van der Waals surface area contributed by atoms with Crippen LogP contribution in [0.1, 0.15) is 27.7 Å². The fourth-order valence-electron chi connectivity index (χ4n) is 0.917. The first kappa shape index (κ1) is 11.2. The van der Waals surface area contributed by atoms with Gasteiger partial charge in [0.15, 0.2) is 0 Å². The lowest BCUT2D eigenvalue weighted by molar-refractivity contribution is 0.177. The van der Waals surface area contributed by atoms with E-state index in [1.54, 1.807) is 0 Å². The number of hydrogen-bond acceptors (Lipinski definition) is 2. The van der Waals surface area contributed by atoms with Crippen LogP contribution in [-0.4, -0.2) is 25.2 Å². The van der Waals surface area contributed by atoms with Gasteiger partial charge >= 0.3 is 0 Å². The highest BCUT2D eigenvalue weighted by atomic mass is 31.2. The highest BCUT2D eigenvalue weighted by Crippen LogP contribution is 2.45. The zero-order valence-electron chi connectivity index (χ0n) is 8.13. The molecule has 0 saturated heterocycles. The van der Waals surface area contributed by atoms with Gasteiger partial charge in [0, 0.05) is 6.66 Å². The highest BCUT2D eigenvalue weighted by Gasteiger charge is 2.12. The first-order chi connectivity index (χ1) is 4.83. The Morgan fingerprint density at radius 3 is 1.45 bits per heavy atom. The molecule has 68 valence electrons. The minimum atomic E-state index is -1.80. The molecule has 0 saturated carbocycles. The predicted octanol–water partition coefficient (Wildman–Crippen LogP) is 2.75. The van der Waals surface area contributed by atoms with Gasteiger partial charge in [0.25, 0.3) is 0 Å². The molecule has 0 aliphatic carbocycles. The SMILES string of the molecule is C=P(C)(OC(C)C)OC(C)C. The molecule has 0 N–H and O–H groups in total. The largest absolute Gasteiger partial charge is 0.335 e. The van der Waals surface area contributed by atoms with Crippen LogP contribution in [0.3, 0.4) is 0 Å². The van der Waals surface area contributed by atoms with Gasteiger partial charge in [-0.05, 0) is 27.7 Å². The van der Waals surface area contributed by atoms with Crippen LogP contribution in [0, 0.1) is 0 Å². The molecule has 3 heteroatoms. The molecule has 0 aliphatic rings. The Morgan fingerprint density at radius 2 is 1.27 bits per heavy atom. The third kappa shape index (κ3) is 6.61. The lowest BCUT2D eigenvalue weighted by atomic mass is 10.5. The zero-order valence-corrected chi connectivity index (χ0v) is 9.02. The van der Waals surface area contributed by atoms with E-state index >= 15 is 0 Å². The van der Waals surface area contributed by atoms with Gasteiger partial charge in [-0.15, -0.1) is 0 Å². The molecular formula is C8H19O2P. The van der Waals surface area contributed by atoms with E-state index in [2.05, 4.69) is 6.30 Å². The minimum Gasteiger partial charge on any atom is -0.335 e. The van der Waals surface area contributed by atoms with Crippen molar-refractivity contribution in [3.05, 3.63) is 0 Å². The average molecular weight is 178 g/mol. The van der Waals surface area contributed by atoms with Crippen LogP contribution in [0.25, 0.3) is 0 Å². The van der Waals surface area contributed by atoms with Crippen LogP contribution in [0.2, 0.25) is 0 Å². The molecule has 0 aromatic carbocycles. The van der Waals surface area contributed by atoms with E-state index in [-0.39, 0.29) is 12.2 Å². The van der Waals surface area contributed by atoms with Gasteiger partial charge in [-0.2, -0.15) is 0 Å². The monoisotopic (exact) mass is 178 g/mol. The van der Waals surface area contributed by atoms with Crippen LogP contribution in [0.15, 0.2) is 0 Å². The molecule has 0 amide bonds. The van der Waals surface area contributed by atoms with E-state index < -0.39 is 7.34 Å². The number of rotatable bonds is 4. The number of hydrogen-bond donors (Lipinski definition) is 0. The highest BCUT2D eigenvalue weighted by molar-refractivity contribution is 7.63. The summed E-state index contributed by atoms with van der Waals surface area (Å²) >= 11 is 0. The predicted molar refractivity (Wildman–Crippen MR) is 52.4 cm³/mol. The second-order valence-corrected chi connectivity index (χ2v) is 5.77. The Labute approximate surface area is 70.0 Å². The summed E-state index contributed by atoms with van der Waals surface area (Å²) in [7, 11) is -1.80. The van der Waals surface area contributed by atoms with Crippen molar-refractivity contribution in [2.24, 2.45) is 0 Å². The lowest BCUT2D eigenvalue weighted by Crippen LogP contribution is -2.06. The molecule has 0 spiro atoms.